The highest BCUT2D eigenvalue weighted by molar-refractivity contribution is 7.78. The van der Waals surface area contributed by atoms with Crippen LogP contribution >= 0.6 is 12.8 Å². The summed E-state index contributed by atoms with van der Waals surface area (Å²) >= 11 is 3.88. The summed E-state index contributed by atoms with van der Waals surface area (Å²) in [7, 11) is 1.63. The van der Waals surface area contributed by atoms with Gasteiger partial charge in [0.25, 0.3) is 0 Å². The van der Waals surface area contributed by atoms with Gasteiger partial charge in [0, 0.05) is 20.1 Å². The third kappa shape index (κ3) is 2.47. The fourth-order valence-corrected chi connectivity index (χ4v) is 0.825. The second kappa shape index (κ2) is 4.44. The maximum absolute atomic E-state index is 11.1. The Morgan fingerprint density at radius 2 is 1.80 bits per heavy atom. The van der Waals surface area contributed by atoms with Gasteiger partial charge < -0.3 is 4.90 Å². The third-order valence-electron chi connectivity index (χ3n) is 1.31. The van der Waals surface area contributed by atoms with Gasteiger partial charge in [-0.2, -0.15) is 0 Å². The van der Waals surface area contributed by atoms with Crippen LogP contribution in [0.5, 0.6) is 0 Å². The predicted octanol–water partition coefficient (Wildman–Crippen LogP) is 1.22. The Hall–Kier alpha value is -0.380. The standard InChI is InChI=1S/C6H14N2OS/c1-4-8(5-2)6(9)7(3)10/h10H,4-5H2,1-3H3. The van der Waals surface area contributed by atoms with Gasteiger partial charge >= 0.3 is 6.03 Å². The average Bonchev–Trinajstić information content (AvgIpc) is 1.90. The first kappa shape index (κ1) is 9.62. The molecule has 0 N–H and O–H groups in total. The van der Waals surface area contributed by atoms with Crippen molar-refractivity contribution in [3.63, 3.8) is 0 Å². The minimum Gasteiger partial charge on any atom is -0.325 e. The van der Waals surface area contributed by atoms with Gasteiger partial charge in [-0.15, -0.1) is 0 Å². The first-order valence-electron chi connectivity index (χ1n) is 3.35. The van der Waals surface area contributed by atoms with Gasteiger partial charge in [-0.1, -0.05) is 12.8 Å². The summed E-state index contributed by atoms with van der Waals surface area (Å²) in [6, 6.07) is -0.0478. The van der Waals surface area contributed by atoms with E-state index < -0.39 is 0 Å². The van der Waals surface area contributed by atoms with Crippen molar-refractivity contribution in [1.82, 2.24) is 9.21 Å². The Labute approximate surface area is 67.5 Å². The number of hydrogen-bond donors (Lipinski definition) is 1. The highest BCUT2D eigenvalue weighted by Gasteiger charge is 2.10. The lowest BCUT2D eigenvalue weighted by Gasteiger charge is -2.21. The zero-order chi connectivity index (χ0) is 8.15. The van der Waals surface area contributed by atoms with Crippen LogP contribution in [-0.4, -0.2) is 35.4 Å². The summed E-state index contributed by atoms with van der Waals surface area (Å²) < 4.78 is 1.28. The topological polar surface area (TPSA) is 23.6 Å². The second-order valence-corrected chi connectivity index (χ2v) is 2.58. The molecular formula is C6H14N2OS. The molecule has 0 radical (unpaired) electrons. The molecule has 3 nitrogen and oxygen atoms in total. The van der Waals surface area contributed by atoms with E-state index in [4.69, 9.17) is 0 Å². The molecule has 0 saturated heterocycles. The van der Waals surface area contributed by atoms with Crippen molar-refractivity contribution in [3.05, 3.63) is 0 Å². The summed E-state index contributed by atoms with van der Waals surface area (Å²) in [4.78, 5) is 12.8. The van der Waals surface area contributed by atoms with Crippen LogP contribution in [-0.2, 0) is 0 Å². The molecule has 0 spiro atoms. The Morgan fingerprint density at radius 3 is 1.90 bits per heavy atom. The Morgan fingerprint density at radius 1 is 1.40 bits per heavy atom. The van der Waals surface area contributed by atoms with Crippen molar-refractivity contribution >= 4 is 18.8 Å². The summed E-state index contributed by atoms with van der Waals surface area (Å²) in [6.07, 6.45) is 0. The molecule has 10 heavy (non-hydrogen) atoms. The molecule has 0 aliphatic heterocycles. The van der Waals surface area contributed by atoms with E-state index in [-0.39, 0.29) is 6.03 Å². The van der Waals surface area contributed by atoms with Gasteiger partial charge in [-0.25, -0.2) is 4.79 Å². The number of thiol groups is 1. The zero-order valence-electron chi connectivity index (χ0n) is 6.66. The van der Waals surface area contributed by atoms with Gasteiger partial charge in [0.2, 0.25) is 0 Å². The van der Waals surface area contributed by atoms with E-state index in [0.717, 1.165) is 13.1 Å². The second-order valence-electron chi connectivity index (χ2n) is 1.98. The van der Waals surface area contributed by atoms with Crippen molar-refractivity contribution < 1.29 is 4.79 Å². The molecule has 2 amide bonds. The monoisotopic (exact) mass is 162 g/mol. The predicted molar refractivity (Wildman–Crippen MR) is 45.1 cm³/mol. The minimum atomic E-state index is -0.0478. The molecule has 0 aromatic carbocycles. The third-order valence-corrected chi connectivity index (χ3v) is 1.48. The number of urea groups is 1. The quantitative estimate of drug-likeness (QED) is 0.606. The van der Waals surface area contributed by atoms with Crippen LogP contribution in [0.3, 0.4) is 0 Å². The number of rotatable bonds is 2. The lowest BCUT2D eigenvalue weighted by Crippen LogP contribution is -2.36. The molecule has 0 fully saturated rings. The minimum absolute atomic E-state index is 0.0478. The van der Waals surface area contributed by atoms with Crippen LogP contribution in [0.2, 0.25) is 0 Å². The van der Waals surface area contributed by atoms with Gasteiger partial charge in [-0.05, 0) is 13.8 Å². The van der Waals surface area contributed by atoms with E-state index in [9.17, 15) is 4.79 Å². The summed E-state index contributed by atoms with van der Waals surface area (Å²) in [5.41, 5.74) is 0. The highest BCUT2D eigenvalue weighted by atomic mass is 32.1. The number of carbonyl (C=O) groups is 1. The van der Waals surface area contributed by atoms with E-state index in [1.54, 1.807) is 11.9 Å². The summed E-state index contributed by atoms with van der Waals surface area (Å²) in [5, 5.41) is 0. The summed E-state index contributed by atoms with van der Waals surface area (Å²) in [6.45, 7) is 5.36. The van der Waals surface area contributed by atoms with Crippen molar-refractivity contribution in [1.29, 1.82) is 0 Å². The molecule has 0 saturated carbocycles. The first-order valence-corrected chi connectivity index (χ1v) is 3.75. The Bertz CT molecular complexity index is 112. The number of nitrogens with zero attached hydrogens (tertiary/aromatic N) is 2. The van der Waals surface area contributed by atoms with Gasteiger partial charge in [0.1, 0.15) is 0 Å². The van der Waals surface area contributed by atoms with E-state index in [0.29, 0.717) is 0 Å². The van der Waals surface area contributed by atoms with Crippen LogP contribution < -0.4 is 0 Å². The number of carbonyl (C=O) groups excluding carboxylic acids is 1. The molecule has 0 bridgehead atoms. The fraction of sp³-hybridized carbons (Fsp3) is 0.833. The van der Waals surface area contributed by atoms with Crippen molar-refractivity contribution in [2.45, 2.75) is 13.8 Å². The Kier molecular flexibility index (Phi) is 4.27. The van der Waals surface area contributed by atoms with Crippen LogP contribution in [0, 0.1) is 0 Å². The largest absolute Gasteiger partial charge is 0.329 e. The molecule has 0 aliphatic carbocycles. The number of hydrogen-bond acceptors (Lipinski definition) is 2. The molecule has 0 aliphatic rings. The number of amides is 2. The van der Waals surface area contributed by atoms with Crippen LogP contribution in [0.4, 0.5) is 4.79 Å². The summed E-state index contributed by atoms with van der Waals surface area (Å²) in [5.74, 6) is 0. The normalized spacial score (nSPS) is 9.20. The van der Waals surface area contributed by atoms with Gasteiger partial charge in [0.15, 0.2) is 0 Å². The van der Waals surface area contributed by atoms with E-state index in [1.165, 1.54) is 4.31 Å². The molecule has 0 aromatic heterocycles. The van der Waals surface area contributed by atoms with Crippen LogP contribution in [0.1, 0.15) is 13.8 Å². The molecule has 0 heterocycles. The average molecular weight is 162 g/mol. The maximum Gasteiger partial charge on any atom is 0.329 e. The van der Waals surface area contributed by atoms with Crippen LogP contribution in [0.25, 0.3) is 0 Å². The van der Waals surface area contributed by atoms with E-state index in [1.807, 2.05) is 13.8 Å². The molecule has 0 rings (SSSR count). The lowest BCUT2D eigenvalue weighted by molar-refractivity contribution is 0.191. The molecule has 60 valence electrons. The Balaban J connectivity index is 3.89. The highest BCUT2D eigenvalue weighted by Crippen LogP contribution is 1.97. The van der Waals surface area contributed by atoms with E-state index in [2.05, 4.69) is 12.8 Å². The van der Waals surface area contributed by atoms with Crippen molar-refractivity contribution in [2.75, 3.05) is 20.1 Å². The first-order chi connectivity index (χ1) is 4.63. The molecule has 4 heteroatoms. The molecule has 0 unspecified atom stereocenters. The molecule has 0 atom stereocenters. The SMILES string of the molecule is CCN(CC)C(=O)N(C)S. The van der Waals surface area contributed by atoms with Crippen molar-refractivity contribution in [3.8, 4) is 0 Å². The zero-order valence-corrected chi connectivity index (χ0v) is 7.56. The van der Waals surface area contributed by atoms with E-state index >= 15 is 0 Å². The smallest absolute Gasteiger partial charge is 0.325 e. The van der Waals surface area contributed by atoms with Gasteiger partial charge in [-0.3, -0.25) is 4.31 Å². The van der Waals surface area contributed by atoms with Crippen LogP contribution in [0.15, 0.2) is 0 Å². The molecular weight excluding hydrogens is 148 g/mol. The maximum atomic E-state index is 11.1. The van der Waals surface area contributed by atoms with Crippen molar-refractivity contribution in [2.24, 2.45) is 0 Å². The van der Waals surface area contributed by atoms with Gasteiger partial charge in [0.05, 0.1) is 0 Å². The molecule has 0 aromatic rings. The lowest BCUT2D eigenvalue weighted by atomic mass is 10.5. The fourth-order valence-electron chi connectivity index (χ4n) is 0.699.